The molecule has 1 aliphatic rings. The van der Waals surface area contributed by atoms with Gasteiger partial charge in [-0.15, -0.1) is 11.3 Å². The van der Waals surface area contributed by atoms with Gasteiger partial charge in [0, 0.05) is 42.1 Å². The summed E-state index contributed by atoms with van der Waals surface area (Å²) in [7, 11) is -1.92. The number of anilines is 1. The van der Waals surface area contributed by atoms with Crippen LogP contribution < -0.4 is 10.1 Å². The van der Waals surface area contributed by atoms with E-state index >= 15 is 0 Å². The van der Waals surface area contributed by atoms with Gasteiger partial charge in [0.1, 0.15) is 6.04 Å². The zero-order valence-electron chi connectivity index (χ0n) is 20.0. The van der Waals surface area contributed by atoms with E-state index in [-0.39, 0.29) is 11.5 Å². The van der Waals surface area contributed by atoms with E-state index in [9.17, 15) is 18.0 Å². The quantitative estimate of drug-likeness (QED) is 0.383. The molecule has 1 aromatic carbocycles. The molecule has 10 nitrogen and oxygen atoms in total. The molecular formula is C25H23N5O5S2. The number of ether oxygens (including phenoxy) is 1. The lowest BCUT2D eigenvalue weighted by atomic mass is 10.0. The van der Waals surface area contributed by atoms with E-state index in [2.05, 4.69) is 15.3 Å². The van der Waals surface area contributed by atoms with Crippen molar-refractivity contribution >= 4 is 38.3 Å². The highest BCUT2D eigenvalue weighted by molar-refractivity contribution is 7.89. The van der Waals surface area contributed by atoms with Gasteiger partial charge in [-0.2, -0.15) is 0 Å². The van der Waals surface area contributed by atoms with Gasteiger partial charge >= 0.3 is 0 Å². The fourth-order valence-corrected chi connectivity index (χ4v) is 5.30. The minimum atomic E-state index is -3.49. The van der Waals surface area contributed by atoms with Crippen LogP contribution in [0.2, 0.25) is 0 Å². The van der Waals surface area contributed by atoms with Gasteiger partial charge in [0.05, 0.1) is 24.6 Å². The third-order valence-corrected chi connectivity index (χ3v) is 7.80. The molecule has 37 heavy (non-hydrogen) atoms. The smallest absolute Gasteiger partial charge is 0.256 e. The van der Waals surface area contributed by atoms with Crippen LogP contribution in [0.4, 0.5) is 5.13 Å². The Morgan fingerprint density at radius 2 is 1.92 bits per heavy atom. The average Bonchev–Trinajstić information content (AvgIpc) is 3.54. The van der Waals surface area contributed by atoms with Crippen molar-refractivity contribution in [2.45, 2.75) is 12.5 Å². The first-order valence-corrected chi connectivity index (χ1v) is 14.0. The molecule has 0 radical (unpaired) electrons. The third kappa shape index (κ3) is 5.11. The molecule has 0 aliphatic carbocycles. The zero-order chi connectivity index (χ0) is 26.2. The van der Waals surface area contributed by atoms with Crippen molar-refractivity contribution in [1.29, 1.82) is 0 Å². The molecule has 12 heteroatoms. The first-order chi connectivity index (χ1) is 17.7. The molecule has 1 aliphatic heterocycles. The van der Waals surface area contributed by atoms with E-state index in [1.54, 1.807) is 13.3 Å². The van der Waals surface area contributed by atoms with Crippen LogP contribution in [0, 0.1) is 0 Å². The van der Waals surface area contributed by atoms with Gasteiger partial charge in [-0.25, -0.2) is 18.4 Å². The van der Waals surface area contributed by atoms with Crippen molar-refractivity contribution in [3.05, 3.63) is 72.0 Å². The summed E-state index contributed by atoms with van der Waals surface area (Å²) in [5.74, 6) is -0.197. The Morgan fingerprint density at radius 3 is 2.62 bits per heavy atom. The van der Waals surface area contributed by atoms with Crippen LogP contribution in [0.15, 0.2) is 66.4 Å². The number of pyridine rings is 1. The normalized spacial score (nSPS) is 15.2. The van der Waals surface area contributed by atoms with E-state index in [0.717, 1.165) is 26.9 Å². The second-order valence-corrected chi connectivity index (χ2v) is 11.2. The molecule has 4 heterocycles. The first kappa shape index (κ1) is 24.7. The van der Waals surface area contributed by atoms with E-state index in [0.29, 0.717) is 29.7 Å². The monoisotopic (exact) mass is 537 g/mol. The average molecular weight is 538 g/mol. The minimum absolute atomic E-state index is 0.214. The molecule has 0 saturated carbocycles. The molecule has 2 amide bonds. The highest BCUT2D eigenvalue weighted by Gasteiger charge is 2.38. The number of benzene rings is 1. The molecular weight excluding hydrogens is 514 g/mol. The van der Waals surface area contributed by atoms with Gasteiger partial charge in [-0.1, -0.05) is 18.2 Å². The fraction of sp³-hybridized carbons (Fsp3) is 0.200. The summed E-state index contributed by atoms with van der Waals surface area (Å²) in [6.07, 6.45) is 5.83. The molecule has 1 saturated heterocycles. The maximum Gasteiger partial charge on any atom is 0.256 e. The zero-order valence-corrected chi connectivity index (χ0v) is 21.6. The number of rotatable bonds is 7. The maximum absolute atomic E-state index is 12.9. The van der Waals surface area contributed by atoms with Crippen molar-refractivity contribution in [1.82, 2.24) is 18.8 Å². The van der Waals surface area contributed by atoms with Crippen LogP contribution in [-0.4, -0.2) is 65.0 Å². The molecule has 3 aromatic heterocycles. The Bertz CT molecular complexity index is 1590. The number of hydrogen-bond acceptors (Lipinski definition) is 8. The number of methoxy groups -OCH3 is 1. The van der Waals surface area contributed by atoms with Crippen LogP contribution in [0.1, 0.15) is 16.8 Å². The Labute approximate surface area is 217 Å². The number of carbonyl (C=O) groups excluding carboxylic acids is 2. The highest BCUT2D eigenvalue weighted by atomic mass is 32.2. The number of amides is 2. The lowest BCUT2D eigenvalue weighted by Gasteiger charge is -2.39. The van der Waals surface area contributed by atoms with Gasteiger partial charge in [-0.05, 0) is 35.7 Å². The number of carbonyl (C=O) groups is 2. The van der Waals surface area contributed by atoms with E-state index in [1.165, 1.54) is 34.7 Å². The number of aromatic nitrogens is 3. The summed E-state index contributed by atoms with van der Waals surface area (Å²) < 4.78 is 29.6. The highest BCUT2D eigenvalue weighted by Crippen LogP contribution is 2.30. The Balaban J connectivity index is 1.27. The molecule has 1 atom stereocenters. The van der Waals surface area contributed by atoms with E-state index < -0.39 is 22.0 Å². The van der Waals surface area contributed by atoms with Crippen LogP contribution in [0.5, 0.6) is 5.88 Å². The summed E-state index contributed by atoms with van der Waals surface area (Å²) in [5, 5.41) is 5.10. The summed E-state index contributed by atoms with van der Waals surface area (Å²) in [6, 6.07) is 12.4. The predicted octanol–water partition coefficient (Wildman–Crippen LogP) is 3.34. The van der Waals surface area contributed by atoms with Crippen molar-refractivity contribution in [2.24, 2.45) is 0 Å². The van der Waals surface area contributed by atoms with E-state index in [4.69, 9.17) is 4.74 Å². The molecule has 1 fully saturated rings. The van der Waals surface area contributed by atoms with Gasteiger partial charge in [-0.3, -0.25) is 13.6 Å². The van der Waals surface area contributed by atoms with E-state index in [1.807, 2.05) is 41.8 Å². The lowest BCUT2D eigenvalue weighted by molar-refractivity contribution is -0.123. The maximum atomic E-state index is 12.9. The van der Waals surface area contributed by atoms with Gasteiger partial charge in [0.25, 0.3) is 5.91 Å². The number of nitrogens with one attached hydrogen (secondary N) is 1. The Kier molecular flexibility index (Phi) is 6.52. The second-order valence-electron chi connectivity index (χ2n) is 8.49. The summed E-state index contributed by atoms with van der Waals surface area (Å²) in [5.41, 5.74) is 3.75. The van der Waals surface area contributed by atoms with Crippen LogP contribution in [-0.2, 0) is 14.8 Å². The summed E-state index contributed by atoms with van der Waals surface area (Å²) in [4.78, 5) is 35.9. The Morgan fingerprint density at radius 1 is 1.14 bits per heavy atom. The molecule has 5 rings (SSSR count). The number of likely N-dealkylation sites (tertiary alicyclic amines) is 1. The number of hydrogen-bond donors (Lipinski definition) is 1. The molecule has 0 bridgehead atoms. The number of thiazole rings is 1. The second kappa shape index (κ2) is 9.79. The first-order valence-electron chi connectivity index (χ1n) is 11.3. The Hall–Kier alpha value is -4.03. The predicted molar refractivity (Wildman–Crippen MR) is 140 cm³/mol. The topological polar surface area (TPSA) is 123 Å². The van der Waals surface area contributed by atoms with Crippen molar-refractivity contribution in [3.8, 4) is 28.3 Å². The van der Waals surface area contributed by atoms with Crippen LogP contribution in [0.25, 0.3) is 22.4 Å². The summed E-state index contributed by atoms with van der Waals surface area (Å²) in [6.45, 7) is 0.413. The van der Waals surface area contributed by atoms with Gasteiger partial charge in [0.2, 0.25) is 21.8 Å². The van der Waals surface area contributed by atoms with Crippen LogP contribution in [0.3, 0.4) is 0 Å². The third-order valence-electron chi connectivity index (χ3n) is 6.05. The standard InChI is InChI=1S/C25H23N5O5S2/c1-35-22-13-17(6-9-26-22)16-4-3-5-18(12-16)20-15-36-25(27-20)28-23(31)21-8-11-30(21)24(32)19-7-10-29(14-19)37(2,33)34/h3-7,9-10,12-15,21H,8,11H2,1-2H3,(H,27,28,31)/t21-/m0/s1. The SMILES string of the molecule is COc1cc(-c2cccc(-c3csc(NC(=O)[C@@H]4CCN4C(=O)c4ccn(S(C)(=O)=O)c4)n3)c2)ccn1. The molecule has 0 unspecified atom stereocenters. The van der Waals surface area contributed by atoms with Crippen molar-refractivity contribution < 1.29 is 22.7 Å². The largest absolute Gasteiger partial charge is 0.481 e. The molecule has 4 aromatic rings. The lowest BCUT2D eigenvalue weighted by Crippen LogP contribution is -2.56. The van der Waals surface area contributed by atoms with Gasteiger partial charge < -0.3 is 15.0 Å². The minimum Gasteiger partial charge on any atom is -0.481 e. The van der Waals surface area contributed by atoms with Gasteiger partial charge in [0.15, 0.2) is 5.13 Å². The van der Waals surface area contributed by atoms with Crippen LogP contribution >= 0.6 is 11.3 Å². The molecule has 190 valence electrons. The molecule has 1 N–H and O–H groups in total. The van der Waals surface area contributed by atoms with Crippen molar-refractivity contribution in [3.63, 3.8) is 0 Å². The summed E-state index contributed by atoms with van der Waals surface area (Å²) >= 11 is 1.30. The molecule has 0 spiro atoms. The van der Waals surface area contributed by atoms with Crippen molar-refractivity contribution in [2.75, 3.05) is 25.2 Å². The fourth-order valence-electron chi connectivity index (χ4n) is 3.99. The number of nitrogens with zero attached hydrogens (tertiary/aromatic N) is 4.